The fourth-order valence-electron chi connectivity index (χ4n) is 3.23. The minimum absolute atomic E-state index is 0.328. The van der Waals surface area contributed by atoms with Gasteiger partial charge in [-0.25, -0.2) is 4.79 Å². The zero-order valence-electron chi connectivity index (χ0n) is 14.8. The fourth-order valence-corrected chi connectivity index (χ4v) is 3.42. The summed E-state index contributed by atoms with van der Waals surface area (Å²) in [7, 11) is 1.68. The first-order chi connectivity index (χ1) is 12.5. The Hall–Kier alpha value is -2.08. The molecule has 26 heavy (non-hydrogen) atoms. The summed E-state index contributed by atoms with van der Waals surface area (Å²) < 4.78 is 5.43. The zero-order chi connectivity index (χ0) is 18.5. The van der Waals surface area contributed by atoms with Gasteiger partial charge < -0.3 is 9.84 Å². The number of rotatable bonds is 6. The quantitative estimate of drug-likeness (QED) is 0.840. The molecule has 0 spiro atoms. The molecule has 0 atom stereocenters. The van der Waals surface area contributed by atoms with Gasteiger partial charge in [0.15, 0.2) is 0 Å². The number of hydrogen-bond acceptors (Lipinski definition) is 4. The van der Waals surface area contributed by atoms with Crippen LogP contribution in [0.5, 0.6) is 5.75 Å². The van der Waals surface area contributed by atoms with E-state index in [-0.39, 0.29) is 0 Å². The molecule has 0 radical (unpaired) electrons. The van der Waals surface area contributed by atoms with Crippen molar-refractivity contribution in [3.05, 3.63) is 64.2 Å². The maximum absolute atomic E-state index is 10.9. The lowest BCUT2D eigenvalue weighted by Gasteiger charge is -2.35. The van der Waals surface area contributed by atoms with Gasteiger partial charge in [-0.2, -0.15) is 0 Å². The van der Waals surface area contributed by atoms with Crippen LogP contribution in [0.25, 0.3) is 0 Å². The average Bonchev–Trinajstić information content (AvgIpc) is 2.64. The lowest BCUT2D eigenvalue weighted by molar-refractivity contribution is 0.0697. The molecule has 138 valence electrons. The molecule has 3 rings (SSSR count). The Morgan fingerprint density at radius 1 is 1.04 bits per heavy atom. The van der Waals surface area contributed by atoms with Gasteiger partial charge in [0.05, 0.1) is 12.7 Å². The second-order valence-electron chi connectivity index (χ2n) is 6.51. The fraction of sp³-hybridized carbons (Fsp3) is 0.350. The molecule has 0 saturated carbocycles. The summed E-state index contributed by atoms with van der Waals surface area (Å²) in [5.41, 5.74) is 2.58. The third-order valence-electron chi connectivity index (χ3n) is 4.71. The zero-order valence-corrected chi connectivity index (χ0v) is 15.6. The van der Waals surface area contributed by atoms with E-state index in [2.05, 4.69) is 9.80 Å². The molecule has 1 N–H and O–H groups in total. The van der Waals surface area contributed by atoms with Crippen LogP contribution in [0.15, 0.2) is 42.5 Å². The van der Waals surface area contributed by atoms with E-state index in [0.29, 0.717) is 5.56 Å². The first kappa shape index (κ1) is 18.7. The normalized spacial score (nSPS) is 15.8. The number of carboxylic acids is 1. The van der Waals surface area contributed by atoms with Crippen molar-refractivity contribution in [2.24, 2.45) is 0 Å². The number of piperazine rings is 1. The van der Waals surface area contributed by atoms with Gasteiger partial charge in [-0.15, -0.1) is 0 Å². The molecule has 0 aliphatic carbocycles. The molecule has 1 heterocycles. The molecule has 0 bridgehead atoms. The van der Waals surface area contributed by atoms with Crippen LogP contribution in [0, 0.1) is 0 Å². The van der Waals surface area contributed by atoms with Gasteiger partial charge in [-0.1, -0.05) is 23.7 Å². The van der Waals surface area contributed by atoms with Crippen LogP contribution in [0.3, 0.4) is 0 Å². The minimum atomic E-state index is -0.887. The van der Waals surface area contributed by atoms with Crippen molar-refractivity contribution in [3.8, 4) is 5.75 Å². The largest absolute Gasteiger partial charge is 0.496 e. The lowest BCUT2D eigenvalue weighted by Crippen LogP contribution is -2.45. The summed E-state index contributed by atoms with van der Waals surface area (Å²) >= 11 is 6.12. The highest BCUT2D eigenvalue weighted by Gasteiger charge is 2.18. The number of halogens is 1. The average molecular weight is 375 g/mol. The number of carbonyl (C=O) groups is 1. The molecule has 6 heteroatoms. The van der Waals surface area contributed by atoms with Crippen molar-refractivity contribution in [2.45, 2.75) is 13.1 Å². The Balaban J connectivity index is 1.53. The van der Waals surface area contributed by atoms with Crippen LogP contribution in [0.4, 0.5) is 0 Å². The molecule has 1 saturated heterocycles. The number of hydrogen-bond donors (Lipinski definition) is 1. The summed E-state index contributed by atoms with van der Waals surface area (Å²) in [5, 5.41) is 9.69. The Morgan fingerprint density at radius 2 is 1.65 bits per heavy atom. The van der Waals surface area contributed by atoms with Crippen molar-refractivity contribution < 1.29 is 14.6 Å². The van der Waals surface area contributed by atoms with Crippen LogP contribution in [0.1, 0.15) is 21.5 Å². The van der Waals surface area contributed by atoms with Gasteiger partial charge in [0, 0.05) is 49.9 Å². The molecule has 2 aromatic rings. The number of methoxy groups -OCH3 is 1. The van der Waals surface area contributed by atoms with Crippen molar-refractivity contribution in [2.75, 3.05) is 33.3 Å². The predicted molar refractivity (Wildman–Crippen MR) is 102 cm³/mol. The van der Waals surface area contributed by atoms with Gasteiger partial charge in [0.1, 0.15) is 5.75 Å². The molecule has 1 aliphatic heterocycles. The smallest absolute Gasteiger partial charge is 0.335 e. The number of ether oxygens (including phenoxy) is 1. The maximum Gasteiger partial charge on any atom is 0.335 e. The third kappa shape index (κ3) is 4.75. The highest BCUT2D eigenvalue weighted by Crippen LogP contribution is 2.24. The van der Waals surface area contributed by atoms with Crippen LogP contribution in [-0.2, 0) is 13.1 Å². The molecule has 0 unspecified atom stereocenters. The van der Waals surface area contributed by atoms with E-state index in [1.54, 1.807) is 19.2 Å². The van der Waals surface area contributed by atoms with E-state index >= 15 is 0 Å². The Labute approximate surface area is 158 Å². The number of aromatic carboxylic acids is 1. The van der Waals surface area contributed by atoms with Crippen molar-refractivity contribution in [1.82, 2.24) is 9.80 Å². The van der Waals surface area contributed by atoms with E-state index in [1.807, 2.05) is 30.3 Å². The predicted octanol–water partition coefficient (Wildman–Crippen LogP) is 3.36. The lowest BCUT2D eigenvalue weighted by atomic mass is 10.1. The minimum Gasteiger partial charge on any atom is -0.496 e. The van der Waals surface area contributed by atoms with Gasteiger partial charge in [0.2, 0.25) is 0 Å². The highest BCUT2D eigenvalue weighted by molar-refractivity contribution is 6.30. The van der Waals surface area contributed by atoms with E-state index in [1.165, 1.54) is 0 Å². The first-order valence-electron chi connectivity index (χ1n) is 8.64. The standard InChI is InChI=1S/C20H23ClN2O3/c1-26-19-7-6-18(21)12-17(19)14-23-10-8-22(9-11-23)13-15-2-4-16(5-3-15)20(24)25/h2-7,12H,8-11,13-14H2,1H3,(H,24,25). The molecule has 2 aromatic carbocycles. The number of nitrogens with zero attached hydrogens (tertiary/aromatic N) is 2. The Bertz CT molecular complexity index is 756. The summed E-state index contributed by atoms with van der Waals surface area (Å²) in [6.45, 7) is 5.57. The number of benzene rings is 2. The molecule has 1 aliphatic rings. The molecule has 1 fully saturated rings. The second-order valence-corrected chi connectivity index (χ2v) is 6.95. The summed E-state index contributed by atoms with van der Waals surface area (Å²) in [6.07, 6.45) is 0. The van der Waals surface area contributed by atoms with Crippen LogP contribution in [0.2, 0.25) is 5.02 Å². The van der Waals surface area contributed by atoms with Crippen LogP contribution < -0.4 is 4.74 Å². The molecular formula is C20H23ClN2O3. The molecular weight excluding hydrogens is 352 g/mol. The van der Waals surface area contributed by atoms with Gasteiger partial charge >= 0.3 is 5.97 Å². The topological polar surface area (TPSA) is 53.0 Å². The van der Waals surface area contributed by atoms with E-state index in [0.717, 1.165) is 61.2 Å². The van der Waals surface area contributed by atoms with Crippen molar-refractivity contribution in [3.63, 3.8) is 0 Å². The first-order valence-corrected chi connectivity index (χ1v) is 9.02. The number of carboxylic acid groups (broad SMARTS) is 1. The Morgan fingerprint density at radius 3 is 2.23 bits per heavy atom. The van der Waals surface area contributed by atoms with Gasteiger partial charge in [0.25, 0.3) is 0 Å². The van der Waals surface area contributed by atoms with Crippen molar-refractivity contribution >= 4 is 17.6 Å². The van der Waals surface area contributed by atoms with Crippen LogP contribution in [-0.4, -0.2) is 54.2 Å². The Kier molecular flexibility index (Phi) is 6.14. The van der Waals surface area contributed by atoms with E-state index in [4.69, 9.17) is 21.4 Å². The van der Waals surface area contributed by atoms with Crippen LogP contribution >= 0.6 is 11.6 Å². The van der Waals surface area contributed by atoms with Gasteiger partial charge in [-0.05, 0) is 35.9 Å². The summed E-state index contributed by atoms with van der Waals surface area (Å²) in [5.74, 6) is -0.0167. The maximum atomic E-state index is 10.9. The second kappa shape index (κ2) is 8.54. The molecule has 5 nitrogen and oxygen atoms in total. The SMILES string of the molecule is COc1ccc(Cl)cc1CN1CCN(Cc2ccc(C(=O)O)cc2)CC1. The summed E-state index contributed by atoms with van der Waals surface area (Å²) in [4.78, 5) is 15.7. The van der Waals surface area contributed by atoms with Gasteiger partial charge in [-0.3, -0.25) is 9.80 Å². The monoisotopic (exact) mass is 374 g/mol. The molecule has 0 amide bonds. The molecule has 0 aromatic heterocycles. The third-order valence-corrected chi connectivity index (χ3v) is 4.94. The highest BCUT2D eigenvalue weighted by atomic mass is 35.5. The van der Waals surface area contributed by atoms with E-state index in [9.17, 15) is 4.79 Å². The van der Waals surface area contributed by atoms with Crippen molar-refractivity contribution in [1.29, 1.82) is 0 Å². The summed E-state index contributed by atoms with van der Waals surface area (Å²) in [6, 6.07) is 12.8. The van der Waals surface area contributed by atoms with E-state index < -0.39 is 5.97 Å².